The van der Waals surface area contributed by atoms with E-state index in [9.17, 15) is 67.1 Å². The number of ketones is 2. The van der Waals surface area contributed by atoms with E-state index >= 15 is 0 Å². The van der Waals surface area contributed by atoms with Gasteiger partial charge in [0.05, 0.1) is 6.04 Å². The first kappa shape index (κ1) is 44.3. The highest BCUT2D eigenvalue weighted by Gasteiger charge is 2.54. The van der Waals surface area contributed by atoms with Crippen molar-refractivity contribution in [3.05, 3.63) is 59.7 Å². The second-order valence-electron chi connectivity index (χ2n) is 13.7. The fourth-order valence-corrected chi connectivity index (χ4v) is 6.10. The number of nitrogens with one attached hydrogen (secondary N) is 1. The number of ether oxygens (including phenoxy) is 2. The molecule has 1 N–H and O–H groups in total. The molecule has 2 fully saturated rings. The summed E-state index contributed by atoms with van der Waals surface area (Å²) in [5, 5.41) is 3.32. The minimum Gasteiger partial charge on any atom is -0.406 e. The third kappa shape index (κ3) is 13.3. The number of nitrogens with zero attached hydrogens (tertiary/aromatic N) is 2. The molecule has 20 heteroatoms. The van der Waals surface area contributed by atoms with Gasteiger partial charge in [0, 0.05) is 32.1 Å². The average Bonchev–Trinajstić information content (AvgIpc) is 3.04. The smallest absolute Gasteiger partial charge is 0.406 e. The van der Waals surface area contributed by atoms with Crippen molar-refractivity contribution < 1.29 is 76.5 Å². The Labute approximate surface area is 301 Å². The van der Waals surface area contributed by atoms with Gasteiger partial charge < -0.3 is 19.7 Å². The molecule has 2 saturated heterocycles. The largest absolute Gasteiger partial charge is 0.573 e. The van der Waals surface area contributed by atoms with Crippen LogP contribution in [-0.4, -0.2) is 91.1 Å². The fraction of sp³-hybridized carbons (Fsp3) is 0.559. The van der Waals surface area contributed by atoms with Crippen LogP contribution in [0, 0.1) is 11.3 Å². The average molecular weight is 796 g/mol. The number of benzene rings is 2. The Bertz CT molecular complexity index is 1480. The van der Waals surface area contributed by atoms with Crippen molar-refractivity contribution in [2.24, 2.45) is 11.3 Å². The molecule has 0 unspecified atom stereocenters. The molecule has 2 aliphatic heterocycles. The summed E-state index contributed by atoms with van der Waals surface area (Å²) < 4.78 is 152. The van der Waals surface area contributed by atoms with Gasteiger partial charge in [-0.25, -0.2) is 0 Å². The standard InChI is InChI=1S/C30H37F6N3O3.C4F6O2/c1-28(2,3)25-19-38(16-17-39(25)26(40)18-20-12-14-37-15-13-20)27(21-4-8-23(9-5-21)41-29(31,32)33)22-6-10-24(11-7-22)42-30(34,35)36;5-3(6,7)1(11)2(12)4(8,9)10/h4-11,20,25,27,37H,12-19H2,1-3H3;/t25-;/m1./s1. The zero-order chi connectivity index (χ0) is 40.9. The van der Waals surface area contributed by atoms with Crippen molar-refractivity contribution in [3.63, 3.8) is 0 Å². The Hall–Kier alpha value is -4.07. The zero-order valence-electron chi connectivity index (χ0n) is 29.0. The molecule has 0 saturated carbocycles. The number of piperazine rings is 1. The summed E-state index contributed by atoms with van der Waals surface area (Å²) in [4.78, 5) is 36.8. The van der Waals surface area contributed by atoms with Crippen LogP contribution in [0.2, 0.25) is 0 Å². The number of Topliss-reactive ketones (excluding diaryl/α,β-unsaturated/α-hetero) is 2. The first-order valence-corrected chi connectivity index (χ1v) is 16.3. The van der Waals surface area contributed by atoms with Gasteiger partial charge in [0.15, 0.2) is 0 Å². The lowest BCUT2D eigenvalue weighted by atomic mass is 9.82. The second-order valence-corrected chi connectivity index (χ2v) is 13.7. The first-order chi connectivity index (χ1) is 24.7. The molecule has 8 nitrogen and oxygen atoms in total. The Morgan fingerprint density at radius 1 is 0.685 bits per heavy atom. The van der Waals surface area contributed by atoms with Crippen molar-refractivity contribution in [1.29, 1.82) is 0 Å². The molecule has 1 atom stereocenters. The van der Waals surface area contributed by atoms with Gasteiger partial charge in [0.1, 0.15) is 11.5 Å². The van der Waals surface area contributed by atoms with Crippen LogP contribution in [0.15, 0.2) is 48.5 Å². The summed E-state index contributed by atoms with van der Waals surface area (Å²) in [6.07, 6.45) is -18.8. The zero-order valence-corrected chi connectivity index (χ0v) is 29.0. The van der Waals surface area contributed by atoms with Gasteiger partial charge in [-0.2, -0.15) is 26.3 Å². The molecule has 2 heterocycles. The number of carbonyl (C=O) groups is 3. The minimum atomic E-state index is -5.77. The number of hydrogen-bond donors (Lipinski definition) is 1. The van der Waals surface area contributed by atoms with E-state index < -0.39 is 42.7 Å². The van der Waals surface area contributed by atoms with Gasteiger partial charge >= 0.3 is 36.6 Å². The highest BCUT2D eigenvalue weighted by Crippen LogP contribution is 2.38. The highest BCUT2D eigenvalue weighted by molar-refractivity contribution is 6.41. The van der Waals surface area contributed by atoms with Crippen molar-refractivity contribution in [2.45, 2.75) is 77.2 Å². The molecule has 0 radical (unpaired) electrons. The van der Waals surface area contributed by atoms with Crippen LogP contribution in [0.1, 0.15) is 57.2 Å². The Kier molecular flexibility index (Phi) is 14.1. The molecule has 1 amide bonds. The quantitative estimate of drug-likeness (QED) is 0.216. The number of halogens is 12. The SMILES string of the molecule is CC(C)(C)[C@H]1CN(C(c2ccc(OC(F)(F)F)cc2)c2ccc(OC(F)(F)F)cc2)CCN1C(=O)CC1CCNCC1.O=C(C(=O)C(F)(F)F)C(F)(F)F. The Balaban J connectivity index is 0.000000562. The van der Waals surface area contributed by atoms with Gasteiger partial charge in [0.2, 0.25) is 5.91 Å². The molecule has 0 bridgehead atoms. The maximum Gasteiger partial charge on any atom is 0.573 e. The summed E-state index contributed by atoms with van der Waals surface area (Å²) in [5.41, 5.74) is 0.981. The molecular weight excluding hydrogens is 758 g/mol. The molecule has 54 heavy (non-hydrogen) atoms. The van der Waals surface area contributed by atoms with E-state index in [0.717, 1.165) is 25.9 Å². The molecular formula is C34H37F12N3O5. The van der Waals surface area contributed by atoms with Crippen LogP contribution in [0.4, 0.5) is 52.7 Å². The topological polar surface area (TPSA) is 88.2 Å². The van der Waals surface area contributed by atoms with Crippen molar-refractivity contribution in [3.8, 4) is 11.5 Å². The van der Waals surface area contributed by atoms with Gasteiger partial charge in [-0.05, 0) is 72.7 Å². The lowest BCUT2D eigenvalue weighted by molar-refractivity contribution is -0.275. The van der Waals surface area contributed by atoms with Crippen LogP contribution in [-0.2, 0) is 14.4 Å². The molecule has 2 aromatic rings. The molecule has 302 valence electrons. The molecule has 0 aromatic heterocycles. The monoisotopic (exact) mass is 795 g/mol. The number of amides is 1. The van der Waals surface area contributed by atoms with Crippen molar-refractivity contribution in [2.75, 3.05) is 32.7 Å². The predicted octanol–water partition coefficient (Wildman–Crippen LogP) is 7.77. The molecule has 4 rings (SSSR count). The molecule has 2 aromatic carbocycles. The van der Waals surface area contributed by atoms with Gasteiger partial charge in [0.25, 0.3) is 0 Å². The lowest BCUT2D eigenvalue weighted by Gasteiger charge is -2.49. The number of alkyl halides is 12. The molecule has 2 aliphatic rings. The van der Waals surface area contributed by atoms with E-state index in [-0.39, 0.29) is 28.9 Å². The summed E-state index contributed by atoms with van der Waals surface area (Å²) in [5.74, 6) is -7.12. The number of hydrogen-bond acceptors (Lipinski definition) is 7. The fourth-order valence-electron chi connectivity index (χ4n) is 6.10. The van der Waals surface area contributed by atoms with Crippen LogP contribution in [0.5, 0.6) is 11.5 Å². The van der Waals surface area contributed by atoms with Crippen LogP contribution < -0.4 is 14.8 Å². The van der Waals surface area contributed by atoms with Crippen LogP contribution in [0.25, 0.3) is 0 Å². The molecule has 0 aliphatic carbocycles. The van der Waals surface area contributed by atoms with Gasteiger partial charge in [-0.3, -0.25) is 19.3 Å². The van der Waals surface area contributed by atoms with Crippen molar-refractivity contribution in [1.82, 2.24) is 15.1 Å². The minimum absolute atomic E-state index is 0.111. The second kappa shape index (κ2) is 17.2. The van der Waals surface area contributed by atoms with Crippen molar-refractivity contribution >= 4 is 17.5 Å². The van der Waals surface area contributed by atoms with Crippen LogP contribution in [0.3, 0.4) is 0 Å². The number of carbonyl (C=O) groups excluding carboxylic acids is 3. The maximum absolute atomic E-state index is 13.5. The van der Waals surface area contributed by atoms with E-state index in [2.05, 4.69) is 40.5 Å². The highest BCUT2D eigenvalue weighted by atomic mass is 19.4. The summed E-state index contributed by atoms with van der Waals surface area (Å²) in [7, 11) is 0. The normalized spacial score (nSPS) is 18.1. The first-order valence-electron chi connectivity index (χ1n) is 16.3. The Morgan fingerprint density at radius 2 is 1.09 bits per heavy atom. The number of rotatable bonds is 8. The van der Waals surface area contributed by atoms with Gasteiger partial charge in [-0.15, -0.1) is 26.3 Å². The van der Waals surface area contributed by atoms with Crippen LogP contribution >= 0.6 is 0 Å². The molecule has 0 spiro atoms. The summed E-state index contributed by atoms with van der Waals surface area (Å²) in [6.45, 7) is 9.37. The van der Waals surface area contributed by atoms with E-state index in [1.807, 2.05) is 4.90 Å². The third-order valence-corrected chi connectivity index (χ3v) is 8.60. The number of piperidine rings is 1. The van der Waals surface area contributed by atoms with Gasteiger partial charge in [-0.1, -0.05) is 45.0 Å². The summed E-state index contributed by atoms with van der Waals surface area (Å²) in [6, 6.07) is 10.3. The predicted molar refractivity (Wildman–Crippen MR) is 167 cm³/mol. The van der Waals surface area contributed by atoms with E-state index in [0.29, 0.717) is 43.1 Å². The van der Waals surface area contributed by atoms with E-state index in [1.165, 1.54) is 48.5 Å². The Morgan fingerprint density at radius 3 is 1.44 bits per heavy atom. The van der Waals surface area contributed by atoms with E-state index in [1.54, 1.807) is 0 Å². The third-order valence-electron chi connectivity index (χ3n) is 8.60. The maximum atomic E-state index is 13.5. The lowest BCUT2D eigenvalue weighted by Crippen LogP contribution is -2.60. The summed E-state index contributed by atoms with van der Waals surface area (Å²) >= 11 is 0. The van der Waals surface area contributed by atoms with E-state index in [4.69, 9.17) is 0 Å².